The van der Waals surface area contributed by atoms with Crippen molar-refractivity contribution in [2.45, 2.75) is 18.4 Å². The Hall–Kier alpha value is -0.550. The first-order valence-electron chi connectivity index (χ1n) is 6.06. The third-order valence-electron chi connectivity index (χ3n) is 3.03. The molecule has 1 rings (SSSR count). The predicted octanol–water partition coefficient (Wildman–Crippen LogP) is 1.83. The Labute approximate surface area is 114 Å². The summed E-state index contributed by atoms with van der Waals surface area (Å²) in [6, 6.07) is 8.48. The second kappa shape index (κ2) is 7.14. The van der Waals surface area contributed by atoms with Crippen LogP contribution in [0.25, 0.3) is 0 Å². The number of nitrogens with zero attached hydrogens (tertiary/aromatic N) is 1. The van der Waals surface area contributed by atoms with Crippen LogP contribution in [0.3, 0.4) is 0 Å². The Morgan fingerprint density at radius 1 is 1.17 bits per heavy atom. The molecule has 3 nitrogen and oxygen atoms in total. The second-order valence-corrected chi connectivity index (χ2v) is 6.03. The van der Waals surface area contributed by atoms with Gasteiger partial charge in [0.25, 0.3) is 0 Å². The first kappa shape index (κ1) is 15.5. The fraction of sp³-hybridized carbons (Fsp3) is 0.571. The van der Waals surface area contributed by atoms with E-state index in [9.17, 15) is 10.2 Å². The molecule has 0 bridgehead atoms. The molecule has 1 aromatic rings. The predicted molar refractivity (Wildman–Crippen MR) is 76.8 cm³/mol. The average molecular weight is 269 g/mol. The van der Waals surface area contributed by atoms with Gasteiger partial charge in [-0.25, -0.2) is 0 Å². The van der Waals surface area contributed by atoms with Crippen molar-refractivity contribution in [3.8, 4) is 0 Å². The lowest BCUT2D eigenvalue weighted by atomic mass is 9.92. The molecule has 0 amide bonds. The highest BCUT2D eigenvalue weighted by Gasteiger charge is 2.24. The first-order valence-corrected chi connectivity index (χ1v) is 7.28. The van der Waals surface area contributed by atoms with Gasteiger partial charge >= 0.3 is 0 Å². The largest absolute Gasteiger partial charge is 0.396 e. The zero-order valence-corrected chi connectivity index (χ0v) is 12.2. The van der Waals surface area contributed by atoms with E-state index in [-0.39, 0.29) is 13.2 Å². The minimum Gasteiger partial charge on any atom is -0.396 e. The van der Waals surface area contributed by atoms with Crippen LogP contribution in [0.1, 0.15) is 12.5 Å². The van der Waals surface area contributed by atoms with E-state index in [2.05, 4.69) is 35.4 Å². The molecule has 0 aliphatic heterocycles. The van der Waals surface area contributed by atoms with E-state index in [4.69, 9.17) is 0 Å². The third kappa shape index (κ3) is 4.61. The van der Waals surface area contributed by atoms with Crippen LogP contribution in [-0.2, 0) is 6.54 Å². The number of hydrogen-bond donors (Lipinski definition) is 2. The van der Waals surface area contributed by atoms with Crippen LogP contribution in [0.4, 0.5) is 0 Å². The summed E-state index contributed by atoms with van der Waals surface area (Å²) >= 11 is 1.73. The topological polar surface area (TPSA) is 43.7 Å². The normalized spacial score (nSPS) is 12.1. The number of thioether (sulfide) groups is 1. The molecule has 2 N–H and O–H groups in total. The molecule has 0 saturated heterocycles. The molecule has 1 aromatic carbocycles. The van der Waals surface area contributed by atoms with Gasteiger partial charge in [0, 0.05) is 23.4 Å². The first-order chi connectivity index (χ1) is 8.53. The fourth-order valence-corrected chi connectivity index (χ4v) is 2.31. The van der Waals surface area contributed by atoms with Gasteiger partial charge in [-0.2, -0.15) is 0 Å². The zero-order valence-electron chi connectivity index (χ0n) is 11.4. The molecular weight excluding hydrogens is 246 g/mol. The van der Waals surface area contributed by atoms with Crippen LogP contribution in [0.2, 0.25) is 0 Å². The summed E-state index contributed by atoms with van der Waals surface area (Å²) in [7, 11) is 2.01. The Morgan fingerprint density at radius 2 is 1.72 bits per heavy atom. The average Bonchev–Trinajstić information content (AvgIpc) is 2.39. The molecule has 4 heteroatoms. The molecule has 0 radical (unpaired) electrons. The maximum atomic E-state index is 9.28. The zero-order chi connectivity index (χ0) is 13.6. The van der Waals surface area contributed by atoms with Gasteiger partial charge in [-0.15, -0.1) is 11.8 Å². The molecule has 0 aliphatic carbocycles. The minimum atomic E-state index is -0.437. The SMILES string of the molecule is CSc1ccc(CN(C)CC(C)(CO)CO)cc1. The molecule has 0 atom stereocenters. The number of rotatable bonds is 7. The molecular formula is C14H23NO2S. The van der Waals surface area contributed by atoms with Crippen LogP contribution < -0.4 is 0 Å². The van der Waals surface area contributed by atoms with E-state index < -0.39 is 5.41 Å². The van der Waals surface area contributed by atoms with E-state index in [1.165, 1.54) is 10.5 Å². The molecule has 18 heavy (non-hydrogen) atoms. The van der Waals surface area contributed by atoms with Crippen LogP contribution in [0, 0.1) is 5.41 Å². The van der Waals surface area contributed by atoms with Crippen molar-refractivity contribution in [1.82, 2.24) is 4.90 Å². The molecule has 0 fully saturated rings. The van der Waals surface area contributed by atoms with Crippen LogP contribution in [0.5, 0.6) is 0 Å². The molecule has 0 saturated carbocycles. The standard InChI is InChI=1S/C14H23NO2S/c1-14(10-16,11-17)9-15(2)8-12-4-6-13(18-3)7-5-12/h4-7,16-17H,8-11H2,1-3H3. The Bertz CT molecular complexity index is 349. The van der Waals surface area contributed by atoms with Crippen molar-refractivity contribution in [1.29, 1.82) is 0 Å². The van der Waals surface area contributed by atoms with Crippen molar-refractivity contribution >= 4 is 11.8 Å². The van der Waals surface area contributed by atoms with E-state index in [0.29, 0.717) is 6.54 Å². The number of aliphatic hydroxyl groups is 2. The molecule has 0 unspecified atom stereocenters. The van der Waals surface area contributed by atoms with Gasteiger partial charge in [0.15, 0.2) is 0 Å². The Kier molecular flexibility index (Phi) is 6.15. The summed E-state index contributed by atoms with van der Waals surface area (Å²) in [5, 5.41) is 18.6. The summed E-state index contributed by atoms with van der Waals surface area (Å²) in [6.07, 6.45) is 2.06. The van der Waals surface area contributed by atoms with Gasteiger partial charge in [-0.05, 0) is 31.0 Å². The summed E-state index contributed by atoms with van der Waals surface area (Å²) < 4.78 is 0. The molecule has 0 aromatic heterocycles. The van der Waals surface area contributed by atoms with Crippen LogP contribution in [0.15, 0.2) is 29.2 Å². The summed E-state index contributed by atoms with van der Waals surface area (Å²) in [6.45, 7) is 3.38. The fourth-order valence-electron chi connectivity index (χ4n) is 1.90. The summed E-state index contributed by atoms with van der Waals surface area (Å²) in [4.78, 5) is 3.39. The lowest BCUT2D eigenvalue weighted by molar-refractivity contribution is 0.0402. The van der Waals surface area contributed by atoms with Crippen molar-refractivity contribution in [2.24, 2.45) is 5.41 Å². The van der Waals surface area contributed by atoms with Crippen molar-refractivity contribution < 1.29 is 10.2 Å². The second-order valence-electron chi connectivity index (χ2n) is 5.15. The van der Waals surface area contributed by atoms with E-state index in [1.54, 1.807) is 11.8 Å². The van der Waals surface area contributed by atoms with Crippen LogP contribution >= 0.6 is 11.8 Å². The Morgan fingerprint density at radius 3 is 2.17 bits per heavy atom. The highest BCUT2D eigenvalue weighted by molar-refractivity contribution is 7.98. The number of aliphatic hydroxyl groups excluding tert-OH is 2. The molecule has 0 aliphatic rings. The highest BCUT2D eigenvalue weighted by Crippen LogP contribution is 2.18. The van der Waals surface area contributed by atoms with Crippen molar-refractivity contribution in [3.05, 3.63) is 29.8 Å². The highest BCUT2D eigenvalue weighted by atomic mass is 32.2. The smallest absolute Gasteiger partial charge is 0.0519 e. The molecule has 0 spiro atoms. The van der Waals surface area contributed by atoms with E-state index in [1.807, 2.05) is 14.0 Å². The Balaban J connectivity index is 2.55. The van der Waals surface area contributed by atoms with Crippen molar-refractivity contribution in [3.63, 3.8) is 0 Å². The van der Waals surface area contributed by atoms with E-state index >= 15 is 0 Å². The quantitative estimate of drug-likeness (QED) is 0.741. The molecule has 102 valence electrons. The van der Waals surface area contributed by atoms with Gasteiger partial charge in [0.2, 0.25) is 0 Å². The lowest BCUT2D eigenvalue weighted by Crippen LogP contribution is -2.38. The monoisotopic (exact) mass is 269 g/mol. The van der Waals surface area contributed by atoms with Crippen molar-refractivity contribution in [2.75, 3.05) is 33.1 Å². The van der Waals surface area contributed by atoms with Gasteiger partial charge in [-0.1, -0.05) is 19.1 Å². The van der Waals surface area contributed by atoms with Gasteiger partial charge < -0.3 is 15.1 Å². The third-order valence-corrected chi connectivity index (χ3v) is 3.77. The van der Waals surface area contributed by atoms with Gasteiger partial charge in [0.05, 0.1) is 13.2 Å². The van der Waals surface area contributed by atoms with Gasteiger partial charge in [0.1, 0.15) is 0 Å². The number of hydrogen-bond acceptors (Lipinski definition) is 4. The van der Waals surface area contributed by atoms with E-state index in [0.717, 1.165) is 6.54 Å². The van der Waals surface area contributed by atoms with Crippen LogP contribution in [-0.4, -0.2) is 48.2 Å². The minimum absolute atomic E-state index is 0.000742. The lowest BCUT2D eigenvalue weighted by Gasteiger charge is -2.30. The van der Waals surface area contributed by atoms with Gasteiger partial charge in [-0.3, -0.25) is 0 Å². The maximum Gasteiger partial charge on any atom is 0.0519 e. The summed E-state index contributed by atoms with van der Waals surface area (Å²) in [5.41, 5.74) is 0.807. The maximum absolute atomic E-state index is 9.28. The number of benzene rings is 1. The summed E-state index contributed by atoms with van der Waals surface area (Å²) in [5.74, 6) is 0. The molecule has 0 heterocycles.